The number of aliphatic carboxylic acids is 1. The van der Waals surface area contributed by atoms with Crippen molar-refractivity contribution in [2.45, 2.75) is 24.9 Å². The van der Waals surface area contributed by atoms with Gasteiger partial charge in [0, 0.05) is 5.56 Å². The van der Waals surface area contributed by atoms with Crippen molar-refractivity contribution in [2.24, 2.45) is 0 Å². The highest BCUT2D eigenvalue weighted by atomic mass is 19.1. The molecular formula is C17H17FO3. The van der Waals surface area contributed by atoms with Crippen LogP contribution >= 0.6 is 0 Å². The number of aliphatic hydroxyl groups excluding tert-OH is 1. The van der Waals surface area contributed by atoms with Crippen molar-refractivity contribution in [2.75, 3.05) is 0 Å². The zero-order chi connectivity index (χ0) is 15.5. The fraction of sp³-hybridized carbons (Fsp3) is 0.235. The number of halogens is 1. The Morgan fingerprint density at radius 2 is 1.71 bits per heavy atom. The third kappa shape index (κ3) is 2.54. The Kier molecular flexibility index (Phi) is 4.38. The molecule has 0 saturated heterocycles. The van der Waals surface area contributed by atoms with Gasteiger partial charge in [-0.2, -0.15) is 0 Å². The number of benzene rings is 2. The van der Waals surface area contributed by atoms with Crippen molar-refractivity contribution in [3.8, 4) is 0 Å². The van der Waals surface area contributed by atoms with Crippen LogP contribution in [0.4, 0.5) is 4.39 Å². The van der Waals surface area contributed by atoms with Crippen LogP contribution in [0.1, 0.15) is 30.6 Å². The summed E-state index contributed by atoms with van der Waals surface area (Å²) in [7, 11) is 0. The van der Waals surface area contributed by atoms with Gasteiger partial charge in [-0.25, -0.2) is 4.39 Å². The van der Waals surface area contributed by atoms with E-state index in [0.29, 0.717) is 5.56 Å². The SMILES string of the molecule is CC[C@](C(=O)O)(c1ccccc1)[C@@H](O)c1ccccc1F. The molecule has 110 valence electrons. The number of carboxylic acid groups (broad SMARTS) is 1. The van der Waals surface area contributed by atoms with Crippen LogP contribution < -0.4 is 0 Å². The van der Waals surface area contributed by atoms with Crippen molar-refractivity contribution in [3.63, 3.8) is 0 Å². The van der Waals surface area contributed by atoms with E-state index in [1.165, 1.54) is 18.2 Å². The lowest BCUT2D eigenvalue weighted by Gasteiger charge is -2.34. The Morgan fingerprint density at radius 3 is 2.24 bits per heavy atom. The highest BCUT2D eigenvalue weighted by molar-refractivity contribution is 5.82. The normalized spacial score (nSPS) is 15.2. The zero-order valence-electron chi connectivity index (χ0n) is 11.7. The number of hydrogen-bond acceptors (Lipinski definition) is 2. The molecule has 2 rings (SSSR count). The molecule has 0 heterocycles. The molecule has 0 unspecified atom stereocenters. The quantitative estimate of drug-likeness (QED) is 0.887. The maximum absolute atomic E-state index is 13.9. The number of hydrogen-bond donors (Lipinski definition) is 2. The van der Waals surface area contributed by atoms with Crippen molar-refractivity contribution in [1.82, 2.24) is 0 Å². The number of aliphatic hydroxyl groups is 1. The summed E-state index contributed by atoms with van der Waals surface area (Å²) in [5, 5.41) is 20.3. The van der Waals surface area contributed by atoms with E-state index in [2.05, 4.69) is 0 Å². The minimum absolute atomic E-state index is 0.00870. The van der Waals surface area contributed by atoms with E-state index >= 15 is 0 Å². The van der Waals surface area contributed by atoms with E-state index in [1.54, 1.807) is 43.3 Å². The molecule has 0 radical (unpaired) electrons. The molecule has 2 atom stereocenters. The van der Waals surface area contributed by atoms with Gasteiger partial charge >= 0.3 is 5.97 Å². The molecule has 0 spiro atoms. The molecule has 0 aromatic heterocycles. The summed E-state index contributed by atoms with van der Waals surface area (Å²) >= 11 is 0. The summed E-state index contributed by atoms with van der Waals surface area (Å²) in [6.45, 7) is 1.67. The third-order valence-corrected chi connectivity index (χ3v) is 3.89. The maximum Gasteiger partial charge on any atom is 0.317 e. The molecule has 2 aromatic rings. The Bertz CT molecular complexity index is 627. The molecule has 2 aromatic carbocycles. The lowest BCUT2D eigenvalue weighted by Crippen LogP contribution is -2.41. The minimum Gasteiger partial charge on any atom is -0.480 e. The Morgan fingerprint density at radius 1 is 1.14 bits per heavy atom. The molecule has 0 bridgehead atoms. The van der Waals surface area contributed by atoms with Gasteiger partial charge in [0.05, 0.1) is 0 Å². The van der Waals surface area contributed by atoms with Crippen molar-refractivity contribution >= 4 is 5.97 Å². The van der Waals surface area contributed by atoms with Gasteiger partial charge in [-0.3, -0.25) is 4.79 Å². The molecule has 0 amide bonds. The van der Waals surface area contributed by atoms with Crippen molar-refractivity contribution in [3.05, 3.63) is 71.5 Å². The van der Waals surface area contributed by atoms with Gasteiger partial charge in [0.15, 0.2) is 0 Å². The van der Waals surface area contributed by atoms with Gasteiger partial charge in [0.1, 0.15) is 17.3 Å². The van der Waals surface area contributed by atoms with Gasteiger partial charge in [0.25, 0.3) is 0 Å². The van der Waals surface area contributed by atoms with E-state index in [9.17, 15) is 19.4 Å². The molecule has 4 heteroatoms. The summed E-state index contributed by atoms with van der Waals surface area (Å²) in [6, 6.07) is 14.2. The molecule has 3 nitrogen and oxygen atoms in total. The lowest BCUT2D eigenvalue weighted by molar-refractivity contribution is -0.149. The molecule has 0 aliphatic carbocycles. The molecule has 0 aliphatic rings. The largest absolute Gasteiger partial charge is 0.480 e. The summed E-state index contributed by atoms with van der Waals surface area (Å²) in [5.41, 5.74) is -1.13. The van der Waals surface area contributed by atoms with Gasteiger partial charge in [-0.15, -0.1) is 0 Å². The predicted octanol–water partition coefficient (Wildman–Crippen LogP) is 3.29. The van der Waals surface area contributed by atoms with Crippen LogP contribution in [-0.4, -0.2) is 16.2 Å². The van der Waals surface area contributed by atoms with E-state index in [4.69, 9.17) is 0 Å². The molecule has 0 aliphatic heterocycles. The van der Waals surface area contributed by atoms with Gasteiger partial charge < -0.3 is 10.2 Å². The first-order valence-electron chi connectivity index (χ1n) is 6.75. The second kappa shape index (κ2) is 6.06. The maximum atomic E-state index is 13.9. The number of carbonyl (C=O) groups is 1. The molecule has 2 N–H and O–H groups in total. The highest BCUT2D eigenvalue weighted by Crippen LogP contribution is 2.41. The minimum atomic E-state index is -1.58. The molecule has 0 saturated carbocycles. The van der Waals surface area contributed by atoms with Crippen LogP contribution in [0.25, 0.3) is 0 Å². The predicted molar refractivity (Wildman–Crippen MR) is 77.4 cm³/mol. The van der Waals surface area contributed by atoms with E-state index in [1.807, 2.05) is 0 Å². The number of rotatable bonds is 5. The summed E-state index contributed by atoms with van der Waals surface area (Å²) < 4.78 is 13.9. The van der Waals surface area contributed by atoms with E-state index < -0.39 is 23.3 Å². The Labute approximate surface area is 122 Å². The second-order valence-electron chi connectivity index (χ2n) is 4.92. The summed E-state index contributed by atoms with van der Waals surface area (Å²) in [5.74, 6) is -1.79. The molecule has 21 heavy (non-hydrogen) atoms. The molecular weight excluding hydrogens is 271 g/mol. The first kappa shape index (κ1) is 15.2. The number of carboxylic acids is 1. The van der Waals surface area contributed by atoms with Gasteiger partial charge in [-0.05, 0) is 18.1 Å². The van der Waals surface area contributed by atoms with Crippen LogP contribution in [0.2, 0.25) is 0 Å². The van der Waals surface area contributed by atoms with Crippen LogP contribution in [-0.2, 0) is 10.2 Å². The third-order valence-electron chi connectivity index (χ3n) is 3.89. The van der Waals surface area contributed by atoms with Crippen molar-refractivity contribution in [1.29, 1.82) is 0 Å². The topological polar surface area (TPSA) is 57.5 Å². The standard InChI is InChI=1S/C17H17FO3/c1-2-17(16(20)21,12-8-4-3-5-9-12)15(19)13-10-6-7-11-14(13)18/h3-11,15,19H,2H2,1H3,(H,20,21)/t15-,17-/m0/s1. The van der Waals surface area contributed by atoms with Crippen LogP contribution in [0.15, 0.2) is 54.6 Å². The van der Waals surface area contributed by atoms with Gasteiger partial charge in [0.2, 0.25) is 0 Å². The lowest BCUT2D eigenvalue weighted by atomic mass is 9.71. The first-order valence-corrected chi connectivity index (χ1v) is 6.75. The summed E-state index contributed by atoms with van der Waals surface area (Å²) in [4.78, 5) is 11.9. The smallest absolute Gasteiger partial charge is 0.317 e. The van der Waals surface area contributed by atoms with Gasteiger partial charge in [-0.1, -0.05) is 55.5 Å². The van der Waals surface area contributed by atoms with E-state index in [-0.39, 0.29) is 12.0 Å². The zero-order valence-corrected chi connectivity index (χ0v) is 11.7. The highest BCUT2D eigenvalue weighted by Gasteiger charge is 2.47. The fourth-order valence-corrected chi connectivity index (χ4v) is 2.64. The average molecular weight is 288 g/mol. The van der Waals surface area contributed by atoms with Crippen molar-refractivity contribution < 1.29 is 19.4 Å². The van der Waals surface area contributed by atoms with Crippen LogP contribution in [0.5, 0.6) is 0 Å². The Hall–Kier alpha value is -2.20. The summed E-state index contributed by atoms with van der Waals surface area (Å²) in [6.07, 6.45) is -1.33. The van der Waals surface area contributed by atoms with E-state index in [0.717, 1.165) is 0 Å². The first-order chi connectivity index (χ1) is 10.0. The second-order valence-corrected chi connectivity index (χ2v) is 4.92. The molecule has 0 fully saturated rings. The fourth-order valence-electron chi connectivity index (χ4n) is 2.64. The Balaban J connectivity index is 2.61. The monoisotopic (exact) mass is 288 g/mol. The average Bonchev–Trinajstić information content (AvgIpc) is 2.49. The van der Waals surface area contributed by atoms with Crippen LogP contribution in [0, 0.1) is 5.82 Å². The van der Waals surface area contributed by atoms with Crippen LogP contribution in [0.3, 0.4) is 0 Å².